The molecule has 1 unspecified atom stereocenters. The fraction of sp³-hybridized carbons (Fsp3) is 0.667. The first kappa shape index (κ1) is 8.70. The Morgan fingerprint density at radius 1 is 1.67 bits per heavy atom. The molecule has 0 saturated carbocycles. The minimum Gasteiger partial charge on any atom is -0.276 e. The van der Waals surface area contributed by atoms with Gasteiger partial charge in [-0.1, -0.05) is 13.0 Å². The standard InChI is InChI=1S/C9H13NS2/c1-2-7-3-4-8(12-7)9-10-5-6-11-9/h4,7H,2-3,5-6H2,1H3. The van der Waals surface area contributed by atoms with E-state index in [1.807, 2.05) is 23.5 Å². The molecule has 0 aromatic rings. The van der Waals surface area contributed by atoms with Crippen molar-refractivity contribution in [2.45, 2.75) is 25.0 Å². The Labute approximate surface area is 82.1 Å². The zero-order chi connectivity index (χ0) is 8.39. The number of rotatable bonds is 2. The summed E-state index contributed by atoms with van der Waals surface area (Å²) in [7, 11) is 0. The molecule has 0 spiro atoms. The van der Waals surface area contributed by atoms with E-state index in [2.05, 4.69) is 18.0 Å². The van der Waals surface area contributed by atoms with Gasteiger partial charge in [-0.25, -0.2) is 0 Å². The number of hydrogen-bond acceptors (Lipinski definition) is 3. The molecule has 0 N–H and O–H groups in total. The summed E-state index contributed by atoms with van der Waals surface area (Å²) in [5, 5.41) is 2.12. The van der Waals surface area contributed by atoms with Crippen LogP contribution in [0, 0.1) is 0 Å². The van der Waals surface area contributed by atoms with Crippen LogP contribution in [0.3, 0.4) is 0 Å². The van der Waals surface area contributed by atoms with Gasteiger partial charge < -0.3 is 0 Å². The van der Waals surface area contributed by atoms with Gasteiger partial charge in [-0.05, 0) is 12.8 Å². The van der Waals surface area contributed by atoms with Crippen molar-refractivity contribution in [1.29, 1.82) is 0 Å². The molecule has 0 radical (unpaired) electrons. The second-order valence-electron chi connectivity index (χ2n) is 2.99. The molecule has 0 saturated heterocycles. The Morgan fingerprint density at radius 2 is 2.58 bits per heavy atom. The van der Waals surface area contributed by atoms with Crippen molar-refractivity contribution in [3.8, 4) is 0 Å². The zero-order valence-corrected chi connectivity index (χ0v) is 8.88. The molecular formula is C9H13NS2. The zero-order valence-electron chi connectivity index (χ0n) is 7.25. The van der Waals surface area contributed by atoms with Crippen molar-refractivity contribution in [3.05, 3.63) is 11.0 Å². The molecule has 0 aromatic carbocycles. The van der Waals surface area contributed by atoms with Gasteiger partial charge in [-0.3, -0.25) is 4.99 Å². The van der Waals surface area contributed by atoms with Crippen LogP contribution >= 0.6 is 23.5 Å². The van der Waals surface area contributed by atoms with Gasteiger partial charge in [0.05, 0.1) is 0 Å². The van der Waals surface area contributed by atoms with Gasteiger partial charge in [0.15, 0.2) is 0 Å². The highest BCUT2D eigenvalue weighted by molar-refractivity contribution is 8.18. The van der Waals surface area contributed by atoms with E-state index >= 15 is 0 Å². The van der Waals surface area contributed by atoms with E-state index in [1.54, 1.807) is 0 Å². The highest BCUT2D eigenvalue weighted by Gasteiger charge is 2.21. The highest BCUT2D eigenvalue weighted by Crippen LogP contribution is 2.38. The van der Waals surface area contributed by atoms with Crippen molar-refractivity contribution in [3.63, 3.8) is 0 Å². The molecule has 66 valence electrons. The maximum atomic E-state index is 4.48. The lowest BCUT2D eigenvalue weighted by atomic mass is 10.2. The molecule has 1 nitrogen and oxygen atoms in total. The third-order valence-electron chi connectivity index (χ3n) is 2.11. The summed E-state index contributed by atoms with van der Waals surface area (Å²) in [6.45, 7) is 3.28. The summed E-state index contributed by atoms with van der Waals surface area (Å²) in [5.41, 5.74) is 0. The number of allylic oxidation sites excluding steroid dienone is 1. The minimum atomic E-state index is 0.823. The fourth-order valence-corrected chi connectivity index (χ4v) is 3.57. The number of thioether (sulfide) groups is 2. The van der Waals surface area contributed by atoms with Crippen molar-refractivity contribution in [1.82, 2.24) is 0 Å². The fourth-order valence-electron chi connectivity index (χ4n) is 1.39. The molecule has 2 aliphatic heterocycles. The molecule has 0 bridgehead atoms. The van der Waals surface area contributed by atoms with Gasteiger partial charge >= 0.3 is 0 Å². The van der Waals surface area contributed by atoms with Gasteiger partial charge in [0.1, 0.15) is 5.04 Å². The number of hydrogen-bond donors (Lipinski definition) is 0. The van der Waals surface area contributed by atoms with Crippen LogP contribution in [0.15, 0.2) is 16.0 Å². The van der Waals surface area contributed by atoms with Crippen LogP contribution in [0.25, 0.3) is 0 Å². The average Bonchev–Trinajstić information content (AvgIpc) is 2.75. The van der Waals surface area contributed by atoms with Gasteiger partial charge in [0.25, 0.3) is 0 Å². The molecule has 2 heterocycles. The van der Waals surface area contributed by atoms with Gasteiger partial charge in [-0.2, -0.15) is 0 Å². The third kappa shape index (κ3) is 1.72. The molecule has 1 atom stereocenters. The van der Waals surface area contributed by atoms with Gasteiger partial charge in [0.2, 0.25) is 0 Å². The maximum Gasteiger partial charge on any atom is 0.104 e. The molecule has 12 heavy (non-hydrogen) atoms. The Balaban J connectivity index is 1.98. The average molecular weight is 199 g/mol. The van der Waals surface area contributed by atoms with Crippen LogP contribution in [0.4, 0.5) is 0 Å². The molecule has 2 rings (SSSR count). The van der Waals surface area contributed by atoms with E-state index in [0.29, 0.717) is 0 Å². The van der Waals surface area contributed by atoms with Crippen LogP contribution in [-0.2, 0) is 0 Å². The number of aliphatic imine (C=N–C) groups is 1. The minimum absolute atomic E-state index is 0.823. The topological polar surface area (TPSA) is 12.4 Å². The highest BCUT2D eigenvalue weighted by atomic mass is 32.2. The lowest BCUT2D eigenvalue weighted by molar-refractivity contribution is 0.849. The third-order valence-corrected chi connectivity index (χ3v) is 4.72. The molecule has 0 amide bonds. The van der Waals surface area contributed by atoms with E-state index in [4.69, 9.17) is 0 Å². The van der Waals surface area contributed by atoms with Crippen LogP contribution in [0.1, 0.15) is 19.8 Å². The van der Waals surface area contributed by atoms with E-state index < -0.39 is 0 Å². The predicted octanol–water partition coefficient (Wildman–Crippen LogP) is 2.93. The Bertz CT molecular complexity index is 233. The second kappa shape index (κ2) is 3.88. The van der Waals surface area contributed by atoms with Crippen molar-refractivity contribution >= 4 is 28.6 Å². The quantitative estimate of drug-likeness (QED) is 0.678. The Kier molecular flexibility index (Phi) is 2.81. The second-order valence-corrected chi connectivity index (χ2v) is 5.41. The summed E-state index contributed by atoms with van der Waals surface area (Å²) >= 11 is 3.93. The Hall–Kier alpha value is 0.110. The van der Waals surface area contributed by atoms with Crippen LogP contribution < -0.4 is 0 Å². The largest absolute Gasteiger partial charge is 0.276 e. The molecule has 3 heteroatoms. The number of nitrogens with zero attached hydrogens (tertiary/aromatic N) is 1. The maximum absolute atomic E-state index is 4.48. The van der Waals surface area contributed by atoms with E-state index in [1.165, 1.54) is 28.5 Å². The lowest BCUT2D eigenvalue weighted by Crippen LogP contribution is -1.94. The summed E-state index contributed by atoms with van der Waals surface area (Å²) in [5.74, 6) is 1.18. The van der Waals surface area contributed by atoms with Gasteiger partial charge in [-0.15, -0.1) is 23.5 Å². The molecule has 0 fully saturated rings. The monoisotopic (exact) mass is 199 g/mol. The molecular weight excluding hydrogens is 186 g/mol. The molecule has 0 aromatic heterocycles. The van der Waals surface area contributed by atoms with Crippen LogP contribution in [0.5, 0.6) is 0 Å². The first-order valence-corrected chi connectivity index (χ1v) is 6.31. The van der Waals surface area contributed by atoms with Crippen molar-refractivity contribution in [2.75, 3.05) is 12.3 Å². The normalized spacial score (nSPS) is 28.9. The van der Waals surface area contributed by atoms with E-state index in [9.17, 15) is 0 Å². The van der Waals surface area contributed by atoms with E-state index in [0.717, 1.165) is 11.8 Å². The summed E-state index contributed by atoms with van der Waals surface area (Å²) in [6, 6.07) is 0. The van der Waals surface area contributed by atoms with Crippen LogP contribution in [0.2, 0.25) is 0 Å². The van der Waals surface area contributed by atoms with Crippen LogP contribution in [-0.4, -0.2) is 22.6 Å². The summed E-state index contributed by atoms with van der Waals surface area (Å²) < 4.78 is 0. The van der Waals surface area contributed by atoms with Gasteiger partial charge in [0, 0.05) is 22.5 Å². The van der Waals surface area contributed by atoms with E-state index in [-0.39, 0.29) is 0 Å². The first-order chi connectivity index (χ1) is 5.90. The predicted molar refractivity (Wildman–Crippen MR) is 59.1 cm³/mol. The van der Waals surface area contributed by atoms with Crippen molar-refractivity contribution in [2.24, 2.45) is 4.99 Å². The first-order valence-electron chi connectivity index (χ1n) is 4.44. The molecule has 0 aliphatic carbocycles. The summed E-state index contributed by atoms with van der Waals surface area (Å²) in [6.07, 6.45) is 4.88. The summed E-state index contributed by atoms with van der Waals surface area (Å²) in [4.78, 5) is 5.93. The Morgan fingerprint density at radius 3 is 3.17 bits per heavy atom. The smallest absolute Gasteiger partial charge is 0.104 e. The SMILES string of the molecule is CCC1CC=C(C2=NCCS2)S1. The van der Waals surface area contributed by atoms with Crippen molar-refractivity contribution < 1.29 is 0 Å². The lowest BCUT2D eigenvalue weighted by Gasteiger charge is -2.05. The molecule has 2 aliphatic rings.